The van der Waals surface area contributed by atoms with E-state index in [1.807, 2.05) is 35.9 Å². The minimum absolute atomic E-state index is 0.145. The quantitative estimate of drug-likeness (QED) is 0.909. The first-order chi connectivity index (χ1) is 10.6. The predicted octanol–water partition coefficient (Wildman–Crippen LogP) is 1.35. The van der Waals surface area contributed by atoms with Gasteiger partial charge in [-0.05, 0) is 6.07 Å². The predicted molar refractivity (Wildman–Crippen MR) is 80.8 cm³/mol. The summed E-state index contributed by atoms with van der Waals surface area (Å²) in [6.45, 7) is 1.10. The third-order valence-electron chi connectivity index (χ3n) is 4.03. The minimum atomic E-state index is -0.933. The average Bonchev–Trinajstić information content (AvgIpc) is 2.71. The number of fused-ring (bicyclic) bond motifs is 1. The molecular formula is C16H18N2O4. The summed E-state index contributed by atoms with van der Waals surface area (Å²) < 4.78 is 7.21. The Hall–Kier alpha value is -2.34. The molecule has 1 aliphatic heterocycles. The van der Waals surface area contributed by atoms with Gasteiger partial charge in [-0.1, -0.05) is 18.2 Å². The molecule has 2 heterocycles. The van der Waals surface area contributed by atoms with Crippen molar-refractivity contribution in [2.75, 3.05) is 26.3 Å². The van der Waals surface area contributed by atoms with Crippen LogP contribution >= 0.6 is 0 Å². The zero-order valence-electron chi connectivity index (χ0n) is 12.4. The van der Waals surface area contributed by atoms with Gasteiger partial charge in [0.1, 0.15) is 0 Å². The van der Waals surface area contributed by atoms with E-state index in [0.717, 1.165) is 10.9 Å². The summed E-state index contributed by atoms with van der Waals surface area (Å²) in [5.74, 6) is -1.76. The molecule has 0 radical (unpaired) electrons. The Balaban J connectivity index is 1.93. The fourth-order valence-corrected chi connectivity index (χ4v) is 2.83. The number of benzene rings is 1. The van der Waals surface area contributed by atoms with Crippen molar-refractivity contribution < 1.29 is 19.4 Å². The summed E-state index contributed by atoms with van der Waals surface area (Å²) in [5.41, 5.74) is 1.58. The van der Waals surface area contributed by atoms with Gasteiger partial charge in [-0.2, -0.15) is 0 Å². The third kappa shape index (κ3) is 2.57. The molecule has 1 unspecified atom stereocenters. The number of carbonyl (C=O) groups is 2. The number of carbonyl (C=O) groups excluding carboxylic acids is 1. The lowest BCUT2D eigenvalue weighted by Crippen LogP contribution is -2.38. The van der Waals surface area contributed by atoms with Gasteiger partial charge in [0.2, 0.25) is 0 Å². The van der Waals surface area contributed by atoms with E-state index < -0.39 is 11.9 Å². The molecule has 1 N–H and O–H groups in total. The highest BCUT2D eigenvalue weighted by Crippen LogP contribution is 2.22. The molecule has 6 heteroatoms. The Morgan fingerprint density at radius 1 is 1.32 bits per heavy atom. The highest BCUT2D eigenvalue weighted by molar-refractivity contribution is 6.07. The van der Waals surface area contributed by atoms with E-state index in [2.05, 4.69) is 0 Å². The Morgan fingerprint density at radius 3 is 2.86 bits per heavy atom. The maximum Gasteiger partial charge on any atom is 0.310 e. The first kappa shape index (κ1) is 14.6. The first-order valence-corrected chi connectivity index (χ1v) is 7.22. The van der Waals surface area contributed by atoms with Gasteiger partial charge in [0.15, 0.2) is 0 Å². The van der Waals surface area contributed by atoms with E-state index in [0.29, 0.717) is 18.7 Å². The molecule has 2 aromatic rings. The monoisotopic (exact) mass is 302 g/mol. The van der Waals surface area contributed by atoms with Gasteiger partial charge in [-0.15, -0.1) is 0 Å². The minimum Gasteiger partial charge on any atom is -0.481 e. The summed E-state index contributed by atoms with van der Waals surface area (Å²) >= 11 is 0. The van der Waals surface area contributed by atoms with Gasteiger partial charge in [-0.3, -0.25) is 9.59 Å². The molecule has 1 aromatic heterocycles. The maximum atomic E-state index is 12.8. The highest BCUT2D eigenvalue weighted by atomic mass is 16.5. The van der Waals surface area contributed by atoms with Crippen LogP contribution in [-0.2, 0) is 16.6 Å². The molecule has 1 amide bonds. The summed E-state index contributed by atoms with van der Waals surface area (Å²) in [4.78, 5) is 25.6. The van der Waals surface area contributed by atoms with E-state index in [1.165, 1.54) is 0 Å². The number of aliphatic carboxylic acids is 1. The number of ether oxygens (including phenoxy) is 1. The van der Waals surface area contributed by atoms with E-state index in [9.17, 15) is 14.7 Å². The molecule has 0 bridgehead atoms. The summed E-state index contributed by atoms with van der Waals surface area (Å²) in [5, 5.41) is 10.1. The second-order valence-electron chi connectivity index (χ2n) is 5.53. The van der Waals surface area contributed by atoms with Gasteiger partial charge in [0.05, 0.1) is 24.7 Å². The Bertz CT molecular complexity index is 722. The van der Waals surface area contributed by atoms with Crippen LogP contribution in [0.3, 0.4) is 0 Å². The van der Waals surface area contributed by atoms with Crippen molar-refractivity contribution in [1.82, 2.24) is 9.47 Å². The molecule has 0 aliphatic carbocycles. The number of nitrogens with zero attached hydrogens (tertiary/aromatic N) is 2. The summed E-state index contributed by atoms with van der Waals surface area (Å²) in [6.07, 6.45) is 1.80. The lowest BCUT2D eigenvalue weighted by Gasteiger charge is -2.21. The van der Waals surface area contributed by atoms with E-state index in [1.54, 1.807) is 11.1 Å². The van der Waals surface area contributed by atoms with E-state index in [-0.39, 0.29) is 19.1 Å². The van der Waals surface area contributed by atoms with Crippen LogP contribution in [0.4, 0.5) is 0 Å². The molecule has 1 aromatic carbocycles. The number of hydrogen-bond acceptors (Lipinski definition) is 3. The first-order valence-electron chi connectivity index (χ1n) is 7.22. The fourth-order valence-electron chi connectivity index (χ4n) is 2.83. The molecule has 0 spiro atoms. The van der Waals surface area contributed by atoms with Crippen molar-refractivity contribution in [2.45, 2.75) is 0 Å². The molecule has 0 saturated carbocycles. The van der Waals surface area contributed by atoms with Crippen LogP contribution in [0.1, 0.15) is 10.4 Å². The van der Waals surface area contributed by atoms with Crippen LogP contribution in [0.5, 0.6) is 0 Å². The van der Waals surface area contributed by atoms with Crippen molar-refractivity contribution in [1.29, 1.82) is 0 Å². The topological polar surface area (TPSA) is 71.8 Å². The van der Waals surface area contributed by atoms with Gasteiger partial charge in [-0.25, -0.2) is 0 Å². The molecule has 1 fully saturated rings. The second-order valence-corrected chi connectivity index (χ2v) is 5.53. The van der Waals surface area contributed by atoms with Crippen LogP contribution in [-0.4, -0.2) is 52.8 Å². The Morgan fingerprint density at radius 2 is 2.09 bits per heavy atom. The molecule has 1 saturated heterocycles. The molecular weight excluding hydrogens is 284 g/mol. The molecule has 6 nitrogen and oxygen atoms in total. The lowest BCUT2D eigenvalue weighted by atomic mass is 10.1. The fraction of sp³-hybridized carbons (Fsp3) is 0.375. The van der Waals surface area contributed by atoms with Crippen molar-refractivity contribution in [3.8, 4) is 0 Å². The zero-order chi connectivity index (χ0) is 15.7. The van der Waals surface area contributed by atoms with Crippen LogP contribution in [0.25, 0.3) is 10.9 Å². The Labute approximate surface area is 127 Å². The van der Waals surface area contributed by atoms with Crippen molar-refractivity contribution in [3.05, 3.63) is 36.0 Å². The van der Waals surface area contributed by atoms with Gasteiger partial charge in [0.25, 0.3) is 5.91 Å². The van der Waals surface area contributed by atoms with Crippen LogP contribution in [0.2, 0.25) is 0 Å². The standard InChI is InChI=1S/C16H18N2O4/c1-17-9-13(12-4-2-3-5-14(12)17)15(19)18-6-7-22-10-11(8-18)16(20)21/h2-5,9,11H,6-8,10H2,1H3,(H,20,21). The van der Waals surface area contributed by atoms with E-state index >= 15 is 0 Å². The van der Waals surface area contributed by atoms with Crippen molar-refractivity contribution >= 4 is 22.8 Å². The van der Waals surface area contributed by atoms with Gasteiger partial charge < -0.3 is 19.3 Å². The van der Waals surface area contributed by atoms with Gasteiger partial charge >= 0.3 is 5.97 Å². The number of aryl methyl sites for hydroxylation is 1. The lowest BCUT2D eigenvalue weighted by molar-refractivity contribution is -0.143. The van der Waals surface area contributed by atoms with Crippen LogP contribution in [0, 0.1) is 5.92 Å². The summed E-state index contributed by atoms with van der Waals surface area (Å²) in [6, 6.07) is 7.69. The highest BCUT2D eigenvalue weighted by Gasteiger charge is 2.28. The van der Waals surface area contributed by atoms with Crippen molar-refractivity contribution in [3.63, 3.8) is 0 Å². The van der Waals surface area contributed by atoms with Gasteiger partial charge in [0, 0.05) is 37.2 Å². The largest absolute Gasteiger partial charge is 0.481 e. The Kier molecular flexibility index (Phi) is 3.85. The van der Waals surface area contributed by atoms with Crippen LogP contribution < -0.4 is 0 Å². The number of para-hydroxylation sites is 1. The number of aromatic nitrogens is 1. The maximum absolute atomic E-state index is 12.8. The summed E-state index contributed by atoms with van der Waals surface area (Å²) in [7, 11) is 1.89. The third-order valence-corrected chi connectivity index (χ3v) is 4.03. The zero-order valence-corrected chi connectivity index (χ0v) is 12.4. The number of carboxylic acids is 1. The number of hydrogen-bond donors (Lipinski definition) is 1. The molecule has 116 valence electrons. The number of amides is 1. The molecule has 1 atom stereocenters. The average molecular weight is 302 g/mol. The van der Waals surface area contributed by atoms with E-state index in [4.69, 9.17) is 4.74 Å². The SMILES string of the molecule is Cn1cc(C(=O)N2CCOCC(C(=O)O)C2)c2ccccc21. The molecule has 22 heavy (non-hydrogen) atoms. The second kappa shape index (κ2) is 5.81. The number of carboxylic acid groups (broad SMARTS) is 1. The van der Waals surface area contributed by atoms with Crippen LogP contribution in [0.15, 0.2) is 30.5 Å². The van der Waals surface area contributed by atoms with Crippen molar-refractivity contribution in [2.24, 2.45) is 13.0 Å². The molecule has 3 rings (SSSR count). The normalized spacial score (nSPS) is 19.1. The molecule has 1 aliphatic rings. The number of rotatable bonds is 2. The smallest absolute Gasteiger partial charge is 0.310 e.